The largest absolute Gasteiger partial charge is 0.330 e. The second kappa shape index (κ2) is 7.24. The molecular weight excluding hydrogens is 184 g/mol. The Morgan fingerprint density at radius 2 is 1.73 bits per heavy atom. The second-order valence-electron chi connectivity index (χ2n) is 5.12. The monoisotopic (exact) mass is 214 g/mol. The zero-order chi connectivity index (χ0) is 11.9. The first-order chi connectivity index (χ1) is 7.03. The number of hydrogen-bond donors (Lipinski definition) is 1. The third kappa shape index (κ3) is 4.98. The third-order valence-corrected chi connectivity index (χ3v) is 3.86. The minimum absolute atomic E-state index is 0.336. The van der Waals surface area contributed by atoms with Gasteiger partial charge in [-0.15, -0.1) is 0 Å². The highest BCUT2D eigenvalue weighted by Crippen LogP contribution is 2.26. The van der Waals surface area contributed by atoms with Crippen molar-refractivity contribution >= 4 is 0 Å². The molecule has 2 N–H and O–H groups in total. The van der Waals surface area contributed by atoms with E-state index < -0.39 is 0 Å². The summed E-state index contributed by atoms with van der Waals surface area (Å²) in [5.74, 6) is 0.791. The first kappa shape index (κ1) is 14.9. The van der Waals surface area contributed by atoms with Gasteiger partial charge in [0.05, 0.1) is 0 Å². The molecule has 15 heavy (non-hydrogen) atoms. The summed E-state index contributed by atoms with van der Waals surface area (Å²) >= 11 is 0. The van der Waals surface area contributed by atoms with Gasteiger partial charge in [-0.25, -0.2) is 0 Å². The molecule has 0 aliphatic carbocycles. The molecule has 0 amide bonds. The first-order valence-corrected chi connectivity index (χ1v) is 6.42. The van der Waals surface area contributed by atoms with E-state index in [0.717, 1.165) is 19.0 Å². The van der Waals surface area contributed by atoms with Crippen LogP contribution in [-0.2, 0) is 0 Å². The smallest absolute Gasteiger partial charge is 0.00469 e. The molecule has 0 spiro atoms. The van der Waals surface area contributed by atoms with Crippen LogP contribution in [0.4, 0.5) is 0 Å². The Labute approximate surface area is 96.2 Å². The molecule has 2 nitrogen and oxygen atoms in total. The van der Waals surface area contributed by atoms with E-state index in [1.54, 1.807) is 0 Å². The molecule has 1 unspecified atom stereocenters. The van der Waals surface area contributed by atoms with Crippen LogP contribution in [0.25, 0.3) is 0 Å². The van der Waals surface area contributed by atoms with Gasteiger partial charge in [-0.3, -0.25) is 0 Å². The number of hydrogen-bond acceptors (Lipinski definition) is 2. The van der Waals surface area contributed by atoms with Crippen molar-refractivity contribution in [2.75, 3.05) is 26.7 Å². The lowest BCUT2D eigenvalue weighted by atomic mass is 9.82. The van der Waals surface area contributed by atoms with Gasteiger partial charge in [0.15, 0.2) is 0 Å². The Kier molecular flexibility index (Phi) is 7.20. The van der Waals surface area contributed by atoms with Crippen molar-refractivity contribution in [1.29, 1.82) is 0 Å². The zero-order valence-electron chi connectivity index (χ0n) is 11.3. The quantitative estimate of drug-likeness (QED) is 0.673. The van der Waals surface area contributed by atoms with E-state index in [1.807, 2.05) is 0 Å². The van der Waals surface area contributed by atoms with Gasteiger partial charge in [0.25, 0.3) is 0 Å². The molecule has 1 atom stereocenters. The molecule has 0 fully saturated rings. The lowest BCUT2D eigenvalue weighted by Gasteiger charge is -2.35. The normalized spacial score (nSPS) is 14.6. The van der Waals surface area contributed by atoms with Crippen LogP contribution in [0.3, 0.4) is 0 Å². The molecule has 0 aromatic rings. The molecule has 0 aliphatic heterocycles. The lowest BCUT2D eigenvalue weighted by Crippen LogP contribution is -2.41. The molecule has 0 aromatic heterocycles. The van der Waals surface area contributed by atoms with Crippen molar-refractivity contribution in [2.24, 2.45) is 17.1 Å². The molecule has 0 aromatic carbocycles. The van der Waals surface area contributed by atoms with Gasteiger partial charge >= 0.3 is 0 Å². The van der Waals surface area contributed by atoms with Crippen molar-refractivity contribution < 1.29 is 0 Å². The molecule has 0 saturated heterocycles. The van der Waals surface area contributed by atoms with Gasteiger partial charge in [0, 0.05) is 13.1 Å². The zero-order valence-corrected chi connectivity index (χ0v) is 11.3. The van der Waals surface area contributed by atoms with E-state index >= 15 is 0 Å². The molecule has 0 saturated carbocycles. The topological polar surface area (TPSA) is 29.3 Å². The van der Waals surface area contributed by atoms with E-state index in [-0.39, 0.29) is 0 Å². The summed E-state index contributed by atoms with van der Waals surface area (Å²) in [6, 6.07) is 0. The first-order valence-electron chi connectivity index (χ1n) is 6.42. The summed E-state index contributed by atoms with van der Waals surface area (Å²) in [6.07, 6.45) is 3.63. The highest BCUT2D eigenvalue weighted by molar-refractivity contribution is 4.81. The van der Waals surface area contributed by atoms with Crippen molar-refractivity contribution in [3.05, 3.63) is 0 Å². The second-order valence-corrected chi connectivity index (χ2v) is 5.12. The van der Waals surface area contributed by atoms with Crippen molar-refractivity contribution in [3.63, 3.8) is 0 Å². The fraction of sp³-hybridized carbons (Fsp3) is 1.00. The van der Waals surface area contributed by atoms with Gasteiger partial charge in [-0.05, 0) is 37.8 Å². The highest BCUT2D eigenvalue weighted by atomic mass is 15.1. The average Bonchev–Trinajstić information content (AvgIpc) is 2.26. The summed E-state index contributed by atoms with van der Waals surface area (Å²) in [5.41, 5.74) is 6.25. The SMILES string of the molecule is CCC(C)CN(C)CC(CC)(CC)CN. The molecule has 0 rings (SSSR count). The van der Waals surface area contributed by atoms with E-state index in [9.17, 15) is 0 Å². The number of nitrogens with two attached hydrogens (primary N) is 1. The summed E-state index contributed by atoms with van der Waals surface area (Å²) in [4.78, 5) is 2.45. The minimum atomic E-state index is 0.336. The number of rotatable bonds is 8. The molecule has 2 heteroatoms. The Hall–Kier alpha value is -0.0800. The van der Waals surface area contributed by atoms with Crippen LogP contribution in [0.5, 0.6) is 0 Å². The van der Waals surface area contributed by atoms with Crippen molar-refractivity contribution in [1.82, 2.24) is 4.90 Å². The predicted octanol–water partition coefficient (Wildman–Crippen LogP) is 2.73. The van der Waals surface area contributed by atoms with Gasteiger partial charge in [0.2, 0.25) is 0 Å². The van der Waals surface area contributed by atoms with Gasteiger partial charge < -0.3 is 10.6 Å². The van der Waals surface area contributed by atoms with Crippen LogP contribution in [0, 0.1) is 11.3 Å². The third-order valence-electron chi connectivity index (χ3n) is 3.86. The highest BCUT2D eigenvalue weighted by Gasteiger charge is 2.26. The summed E-state index contributed by atoms with van der Waals surface area (Å²) in [5, 5.41) is 0. The average molecular weight is 214 g/mol. The number of nitrogens with zero attached hydrogens (tertiary/aromatic N) is 1. The van der Waals surface area contributed by atoms with Gasteiger partial charge in [-0.1, -0.05) is 34.1 Å². The molecule has 0 radical (unpaired) electrons. The van der Waals surface area contributed by atoms with Crippen LogP contribution >= 0.6 is 0 Å². The lowest BCUT2D eigenvalue weighted by molar-refractivity contribution is 0.153. The van der Waals surface area contributed by atoms with Crippen molar-refractivity contribution in [3.8, 4) is 0 Å². The molecule has 92 valence electrons. The van der Waals surface area contributed by atoms with E-state index in [2.05, 4.69) is 39.6 Å². The summed E-state index contributed by atoms with van der Waals surface area (Å²) < 4.78 is 0. The maximum atomic E-state index is 5.91. The van der Waals surface area contributed by atoms with Crippen LogP contribution < -0.4 is 5.73 Å². The Morgan fingerprint density at radius 3 is 2.07 bits per heavy atom. The minimum Gasteiger partial charge on any atom is -0.330 e. The maximum Gasteiger partial charge on any atom is 0.00469 e. The van der Waals surface area contributed by atoms with Crippen LogP contribution in [0.1, 0.15) is 47.0 Å². The van der Waals surface area contributed by atoms with E-state index in [1.165, 1.54) is 25.8 Å². The van der Waals surface area contributed by atoms with Crippen molar-refractivity contribution in [2.45, 2.75) is 47.0 Å². The summed E-state index contributed by atoms with van der Waals surface area (Å²) in [6.45, 7) is 12.2. The van der Waals surface area contributed by atoms with Crippen LogP contribution in [-0.4, -0.2) is 31.6 Å². The van der Waals surface area contributed by atoms with Crippen LogP contribution in [0.15, 0.2) is 0 Å². The predicted molar refractivity (Wildman–Crippen MR) is 69.0 cm³/mol. The molecular formula is C13H30N2. The molecule has 0 aliphatic rings. The van der Waals surface area contributed by atoms with Crippen LogP contribution in [0.2, 0.25) is 0 Å². The Bertz CT molecular complexity index is 144. The Morgan fingerprint density at radius 1 is 1.20 bits per heavy atom. The standard InChI is InChI=1S/C13H30N2/c1-6-12(4)9-15(5)11-13(7-2,8-3)10-14/h12H,6-11,14H2,1-5H3. The Balaban J connectivity index is 4.16. The molecule has 0 heterocycles. The van der Waals surface area contributed by atoms with E-state index in [0.29, 0.717) is 5.41 Å². The van der Waals surface area contributed by atoms with Gasteiger partial charge in [0.1, 0.15) is 0 Å². The fourth-order valence-electron chi connectivity index (χ4n) is 2.13. The van der Waals surface area contributed by atoms with E-state index in [4.69, 9.17) is 5.73 Å². The fourth-order valence-corrected chi connectivity index (χ4v) is 2.13. The maximum absolute atomic E-state index is 5.91. The summed E-state index contributed by atoms with van der Waals surface area (Å²) in [7, 11) is 2.22. The van der Waals surface area contributed by atoms with Gasteiger partial charge in [-0.2, -0.15) is 0 Å². The molecule has 0 bridgehead atoms.